The molecule has 0 heterocycles. The monoisotopic (exact) mass is 288 g/mol. The highest BCUT2D eigenvalue weighted by Gasteiger charge is 2.28. The molecule has 3 amide bonds. The summed E-state index contributed by atoms with van der Waals surface area (Å²) in [6.07, 6.45) is 0.178. The molecule has 0 aliphatic rings. The Morgan fingerprint density at radius 2 is 1.43 bits per heavy atom. The van der Waals surface area contributed by atoms with Gasteiger partial charge < -0.3 is 20.5 Å². The van der Waals surface area contributed by atoms with Crippen LogP contribution in [0.2, 0.25) is 0 Å². The van der Waals surface area contributed by atoms with E-state index in [1.807, 2.05) is 15.7 Å². The Kier molecular flexibility index (Phi) is 9.19. The predicted molar refractivity (Wildman–Crippen MR) is 77.0 cm³/mol. The maximum Gasteiger partial charge on any atom is 0.226 e. The van der Waals surface area contributed by atoms with Crippen molar-refractivity contribution in [1.82, 2.24) is 20.6 Å². The quantitative estimate of drug-likeness (QED) is 0.384. The highest BCUT2D eigenvalue weighted by atomic mass is 16.2. The molecule has 0 aromatic heterocycles. The molecule has 0 bridgehead atoms. The minimum Gasteiger partial charge on any atom is -0.408 e. The zero-order valence-corrected chi connectivity index (χ0v) is 11.7. The van der Waals surface area contributed by atoms with Crippen LogP contribution in [0.1, 0.15) is 19.8 Å². The summed E-state index contributed by atoms with van der Waals surface area (Å²) < 4.78 is 0. The minimum absolute atomic E-state index is 0.0864. The van der Waals surface area contributed by atoms with Gasteiger partial charge in [0, 0.05) is 6.42 Å². The maximum atomic E-state index is 11.8. The van der Waals surface area contributed by atoms with Crippen LogP contribution < -0.4 is 15.7 Å². The average molecular weight is 288 g/mol. The second-order valence-electron chi connectivity index (χ2n) is 4.31. The summed E-state index contributed by atoms with van der Waals surface area (Å²) in [4.78, 5) is 46.8. The molecule has 0 aromatic rings. The number of hydrogen-bond acceptors (Lipinski definition) is 5. The molecule has 0 aromatic carbocycles. The van der Waals surface area contributed by atoms with E-state index >= 15 is 0 Å². The average Bonchev–Trinajstić information content (AvgIpc) is 2.45. The number of nitrogens with zero attached hydrogens (tertiary/aromatic N) is 1. The molecule has 0 aliphatic carbocycles. The summed E-state index contributed by atoms with van der Waals surface area (Å²) >= 11 is 0. The van der Waals surface area contributed by atoms with Crippen LogP contribution in [0.3, 0.4) is 0 Å². The molecular formula is C10H15B3N4O4. The third-order valence-electron chi connectivity index (χ3n) is 2.67. The topological polar surface area (TPSA) is 108 Å². The van der Waals surface area contributed by atoms with E-state index < -0.39 is 23.8 Å². The van der Waals surface area contributed by atoms with Crippen LogP contribution in [0.25, 0.3) is 0 Å². The fourth-order valence-corrected chi connectivity index (χ4v) is 1.65. The van der Waals surface area contributed by atoms with E-state index in [0.29, 0.717) is 0 Å². The van der Waals surface area contributed by atoms with Gasteiger partial charge in [0.25, 0.3) is 0 Å². The smallest absolute Gasteiger partial charge is 0.226 e. The van der Waals surface area contributed by atoms with Crippen molar-refractivity contribution >= 4 is 47.4 Å². The molecule has 0 rings (SSSR count). The highest BCUT2D eigenvalue weighted by Crippen LogP contribution is 2.08. The van der Waals surface area contributed by atoms with Gasteiger partial charge in [0.15, 0.2) is 0 Å². The molecule has 0 aliphatic heterocycles. The number of Topliss-reactive ketones (excluding diaryl/α,β-unsaturated/α-hetero) is 1. The number of carbonyl (C=O) groups excluding carboxylic acids is 4. The first-order chi connectivity index (χ1) is 9.85. The summed E-state index contributed by atoms with van der Waals surface area (Å²) in [5, 5.41) is 5.71. The fourth-order valence-electron chi connectivity index (χ4n) is 1.65. The molecule has 0 unspecified atom stereocenters. The number of carbonyl (C=O) groups is 4. The lowest BCUT2D eigenvalue weighted by Gasteiger charge is -2.29. The van der Waals surface area contributed by atoms with Crippen molar-refractivity contribution in [2.75, 3.05) is 13.1 Å². The molecule has 8 nitrogen and oxygen atoms in total. The van der Waals surface area contributed by atoms with Crippen LogP contribution in [-0.4, -0.2) is 71.5 Å². The van der Waals surface area contributed by atoms with Crippen LogP contribution in [0, 0.1) is 0 Å². The van der Waals surface area contributed by atoms with Gasteiger partial charge in [-0.05, 0) is 13.3 Å². The summed E-state index contributed by atoms with van der Waals surface area (Å²) in [6.45, 7) is 0.695. The van der Waals surface area contributed by atoms with E-state index in [0.717, 1.165) is 0 Å². The number of rotatable bonds is 9. The highest BCUT2D eigenvalue weighted by molar-refractivity contribution is 6.16. The third-order valence-corrected chi connectivity index (χ3v) is 2.67. The van der Waals surface area contributed by atoms with Crippen molar-refractivity contribution in [3.05, 3.63) is 0 Å². The van der Waals surface area contributed by atoms with Crippen molar-refractivity contribution < 1.29 is 19.2 Å². The van der Waals surface area contributed by atoms with Crippen LogP contribution >= 0.6 is 0 Å². The second kappa shape index (κ2) is 10.0. The van der Waals surface area contributed by atoms with Gasteiger partial charge in [-0.3, -0.25) is 19.3 Å². The lowest BCUT2D eigenvalue weighted by atomic mass is 10.1. The van der Waals surface area contributed by atoms with Crippen LogP contribution in [0.15, 0.2) is 0 Å². The Labute approximate surface area is 127 Å². The third kappa shape index (κ3) is 7.55. The van der Waals surface area contributed by atoms with E-state index in [1.165, 1.54) is 11.8 Å². The van der Waals surface area contributed by atoms with E-state index in [4.69, 9.17) is 23.9 Å². The van der Waals surface area contributed by atoms with Crippen molar-refractivity contribution in [2.45, 2.75) is 25.8 Å². The van der Waals surface area contributed by atoms with Gasteiger partial charge >= 0.3 is 0 Å². The number of amides is 3. The van der Waals surface area contributed by atoms with E-state index in [2.05, 4.69) is 0 Å². The largest absolute Gasteiger partial charge is 0.408 e. The molecule has 0 fully saturated rings. The van der Waals surface area contributed by atoms with Gasteiger partial charge in [-0.2, -0.15) is 0 Å². The maximum absolute atomic E-state index is 11.8. The first kappa shape index (κ1) is 19.2. The first-order valence-electron chi connectivity index (χ1n) is 6.08. The normalized spacial score (nSPS) is 11.5. The SMILES string of the molecule is [B]NC(=O)CN(CC(=O)N[B])[C@@H](CCC(C)=O)C(=O)N[B]. The fraction of sp³-hybridized carbons (Fsp3) is 0.600. The lowest BCUT2D eigenvalue weighted by Crippen LogP contribution is -2.52. The Morgan fingerprint density at radius 3 is 1.76 bits per heavy atom. The van der Waals surface area contributed by atoms with E-state index in [9.17, 15) is 19.2 Å². The van der Waals surface area contributed by atoms with Crippen molar-refractivity contribution in [3.63, 3.8) is 0 Å². The Morgan fingerprint density at radius 1 is 0.952 bits per heavy atom. The van der Waals surface area contributed by atoms with Crippen molar-refractivity contribution in [1.29, 1.82) is 0 Å². The van der Waals surface area contributed by atoms with Crippen LogP contribution in [0.4, 0.5) is 0 Å². The molecule has 0 saturated carbocycles. The standard InChI is InChI=1S/C10H15B3N4O4/c1-6(18)2-3-7(10(21)16-13)17(4-8(19)14-11)5-9(20)15-12/h7H,2-5H2,1H3,(H,14,19)(H,15,20)(H,16,21)/t7-/m0/s1. The Bertz CT molecular complexity index is 390. The van der Waals surface area contributed by atoms with Crippen molar-refractivity contribution in [3.8, 4) is 0 Å². The van der Waals surface area contributed by atoms with Gasteiger partial charge in [-0.15, -0.1) is 0 Å². The van der Waals surface area contributed by atoms with Crippen molar-refractivity contribution in [2.24, 2.45) is 0 Å². The second-order valence-corrected chi connectivity index (χ2v) is 4.31. The van der Waals surface area contributed by atoms with Gasteiger partial charge in [0.2, 0.25) is 41.7 Å². The number of hydrogen-bond donors (Lipinski definition) is 3. The Balaban J connectivity index is 5.11. The molecule has 0 saturated heterocycles. The van der Waals surface area contributed by atoms with Crippen LogP contribution in [0.5, 0.6) is 0 Å². The zero-order valence-electron chi connectivity index (χ0n) is 11.7. The molecule has 3 N–H and O–H groups in total. The van der Waals surface area contributed by atoms with Crippen LogP contribution in [-0.2, 0) is 19.2 Å². The zero-order chi connectivity index (χ0) is 16.4. The Hall–Kier alpha value is -1.77. The molecular weight excluding hydrogens is 273 g/mol. The number of nitrogens with one attached hydrogen (secondary N) is 3. The van der Waals surface area contributed by atoms with Gasteiger partial charge in [0.1, 0.15) is 5.78 Å². The van der Waals surface area contributed by atoms with E-state index in [1.54, 1.807) is 0 Å². The molecule has 11 heteroatoms. The summed E-state index contributed by atoms with van der Waals surface area (Å²) in [5.41, 5.74) is 0. The molecule has 21 heavy (non-hydrogen) atoms. The number of ketones is 1. The van der Waals surface area contributed by atoms with Gasteiger partial charge in [-0.25, -0.2) is 0 Å². The lowest BCUT2D eigenvalue weighted by molar-refractivity contribution is -0.129. The molecule has 108 valence electrons. The van der Waals surface area contributed by atoms with E-state index in [-0.39, 0.29) is 31.7 Å². The molecule has 1 atom stereocenters. The summed E-state index contributed by atoms with van der Waals surface area (Å²) in [6, 6.07) is -0.950. The van der Waals surface area contributed by atoms with Gasteiger partial charge in [0.05, 0.1) is 19.1 Å². The van der Waals surface area contributed by atoms with Gasteiger partial charge in [-0.1, -0.05) is 0 Å². The molecule has 0 spiro atoms. The summed E-state index contributed by atoms with van der Waals surface area (Å²) in [7, 11) is 15.0. The minimum atomic E-state index is -0.950. The predicted octanol–water partition coefficient (Wildman–Crippen LogP) is -3.37. The first-order valence-corrected chi connectivity index (χ1v) is 6.08. The molecule has 6 radical (unpaired) electrons. The summed E-state index contributed by atoms with van der Waals surface area (Å²) in [5.74, 6) is -2.00.